The van der Waals surface area contributed by atoms with Gasteiger partial charge in [0.2, 0.25) is 0 Å². The van der Waals surface area contributed by atoms with E-state index in [0.29, 0.717) is 40.3 Å². The van der Waals surface area contributed by atoms with Gasteiger partial charge in [-0.2, -0.15) is 0 Å². The number of nitrogens with zero attached hydrogens (tertiary/aromatic N) is 1. The zero-order chi connectivity index (χ0) is 23.5. The molecule has 1 N–H and O–H groups in total. The fourth-order valence-corrected chi connectivity index (χ4v) is 3.61. The fourth-order valence-electron chi connectivity index (χ4n) is 3.61. The van der Waals surface area contributed by atoms with Crippen molar-refractivity contribution in [3.05, 3.63) is 89.6 Å². The van der Waals surface area contributed by atoms with E-state index in [-0.39, 0.29) is 17.0 Å². The molecule has 0 bridgehead atoms. The second-order valence-electron chi connectivity index (χ2n) is 7.05. The number of imide groups is 1. The number of nitrogens with one attached hydrogen (secondary N) is 1. The van der Waals surface area contributed by atoms with Gasteiger partial charge >= 0.3 is 0 Å². The Hall–Kier alpha value is -4.20. The summed E-state index contributed by atoms with van der Waals surface area (Å²) in [6, 6.07) is 16.3. The lowest BCUT2D eigenvalue weighted by Crippen LogP contribution is -2.33. The minimum absolute atomic E-state index is 0.00697. The highest BCUT2D eigenvalue weighted by atomic mass is 19.1. The number of rotatable bonds is 7. The summed E-state index contributed by atoms with van der Waals surface area (Å²) < 4.78 is 39.0. The van der Waals surface area contributed by atoms with Crippen molar-refractivity contribution < 1.29 is 27.8 Å². The van der Waals surface area contributed by atoms with Crippen LogP contribution < -0.4 is 19.7 Å². The smallest absolute Gasteiger partial charge is 0.282 e. The SMILES string of the molecule is CCOc1ccccc1NC1=C(c2ccccc2OC)C(=O)N(c2ccc(F)cc2F)C1=O. The molecular formula is C25H20F2N2O4. The predicted molar refractivity (Wildman–Crippen MR) is 120 cm³/mol. The van der Waals surface area contributed by atoms with E-state index >= 15 is 0 Å². The molecule has 3 aromatic rings. The molecule has 0 unspecified atom stereocenters. The standard InChI is InChI=1S/C25H20F2N2O4/c1-3-33-21-11-7-5-9-18(21)28-23-22(16-8-4-6-10-20(16)32-2)24(30)29(25(23)31)19-13-12-15(26)14-17(19)27/h4-14,28H,3H2,1-2H3. The van der Waals surface area contributed by atoms with Crippen molar-refractivity contribution in [2.45, 2.75) is 6.92 Å². The van der Waals surface area contributed by atoms with E-state index in [4.69, 9.17) is 9.47 Å². The highest BCUT2D eigenvalue weighted by molar-refractivity contribution is 6.46. The van der Waals surface area contributed by atoms with E-state index in [0.717, 1.165) is 12.1 Å². The van der Waals surface area contributed by atoms with E-state index in [9.17, 15) is 18.4 Å². The molecule has 4 rings (SSSR count). The number of para-hydroxylation sites is 3. The monoisotopic (exact) mass is 450 g/mol. The van der Waals surface area contributed by atoms with Gasteiger partial charge in [-0.15, -0.1) is 0 Å². The third-order valence-electron chi connectivity index (χ3n) is 5.06. The first-order valence-electron chi connectivity index (χ1n) is 10.2. The van der Waals surface area contributed by atoms with Gasteiger partial charge < -0.3 is 14.8 Å². The van der Waals surface area contributed by atoms with Gasteiger partial charge in [0.1, 0.15) is 28.8 Å². The van der Waals surface area contributed by atoms with Gasteiger partial charge in [0, 0.05) is 11.6 Å². The highest BCUT2D eigenvalue weighted by Crippen LogP contribution is 2.39. The zero-order valence-corrected chi connectivity index (χ0v) is 17.9. The summed E-state index contributed by atoms with van der Waals surface area (Å²) >= 11 is 0. The van der Waals surface area contributed by atoms with Gasteiger partial charge in [-0.05, 0) is 37.3 Å². The summed E-state index contributed by atoms with van der Waals surface area (Å²) in [5.41, 5.74) is 0.352. The van der Waals surface area contributed by atoms with Crippen LogP contribution in [0.2, 0.25) is 0 Å². The molecule has 168 valence electrons. The number of amides is 2. The van der Waals surface area contributed by atoms with E-state index in [2.05, 4.69) is 5.32 Å². The maximum Gasteiger partial charge on any atom is 0.282 e. The highest BCUT2D eigenvalue weighted by Gasteiger charge is 2.42. The number of benzene rings is 3. The van der Waals surface area contributed by atoms with Crippen LogP contribution >= 0.6 is 0 Å². The third kappa shape index (κ3) is 4.03. The van der Waals surface area contributed by atoms with Crippen molar-refractivity contribution in [3.63, 3.8) is 0 Å². The number of ether oxygens (including phenoxy) is 2. The average Bonchev–Trinajstić information content (AvgIpc) is 3.04. The van der Waals surface area contributed by atoms with Crippen LogP contribution in [0, 0.1) is 11.6 Å². The molecule has 1 heterocycles. The second-order valence-corrected chi connectivity index (χ2v) is 7.05. The van der Waals surface area contributed by atoms with Crippen LogP contribution in [-0.2, 0) is 9.59 Å². The van der Waals surface area contributed by atoms with Gasteiger partial charge in [-0.3, -0.25) is 9.59 Å². The minimum atomic E-state index is -1.04. The number of hydrogen-bond donors (Lipinski definition) is 1. The van der Waals surface area contributed by atoms with Crippen molar-refractivity contribution in [2.75, 3.05) is 23.9 Å². The second kappa shape index (κ2) is 9.12. The summed E-state index contributed by atoms with van der Waals surface area (Å²) in [6.45, 7) is 2.20. The normalized spacial score (nSPS) is 13.5. The molecule has 0 spiro atoms. The Balaban J connectivity index is 1.88. The Kier molecular flexibility index (Phi) is 6.08. The van der Waals surface area contributed by atoms with Gasteiger partial charge in [0.25, 0.3) is 11.8 Å². The van der Waals surface area contributed by atoms with Crippen LogP contribution in [-0.4, -0.2) is 25.5 Å². The minimum Gasteiger partial charge on any atom is -0.496 e. The Morgan fingerprint density at radius 2 is 1.61 bits per heavy atom. The Labute approximate surface area is 189 Å². The summed E-state index contributed by atoms with van der Waals surface area (Å²) in [7, 11) is 1.44. The number of methoxy groups -OCH3 is 1. The van der Waals surface area contributed by atoms with E-state index in [1.165, 1.54) is 7.11 Å². The molecule has 2 amide bonds. The molecule has 33 heavy (non-hydrogen) atoms. The molecule has 8 heteroatoms. The third-order valence-corrected chi connectivity index (χ3v) is 5.06. The van der Waals surface area contributed by atoms with Crippen LogP contribution in [0.4, 0.5) is 20.2 Å². The fraction of sp³-hybridized carbons (Fsp3) is 0.120. The first kappa shape index (κ1) is 22.0. The molecule has 1 aliphatic heterocycles. The number of anilines is 2. The predicted octanol–water partition coefficient (Wildman–Crippen LogP) is 4.77. The number of hydrogen-bond acceptors (Lipinski definition) is 5. The van der Waals surface area contributed by atoms with Crippen LogP contribution in [0.15, 0.2) is 72.4 Å². The van der Waals surface area contributed by atoms with Gasteiger partial charge in [0.15, 0.2) is 0 Å². The summed E-state index contributed by atoms with van der Waals surface area (Å²) in [5, 5.41) is 3.00. The molecule has 0 aromatic heterocycles. The molecule has 6 nitrogen and oxygen atoms in total. The molecule has 0 aliphatic carbocycles. The molecule has 1 aliphatic rings. The summed E-state index contributed by atoms with van der Waals surface area (Å²) in [4.78, 5) is 27.6. The number of halogens is 2. The summed E-state index contributed by atoms with van der Waals surface area (Å²) in [5.74, 6) is -2.60. The van der Waals surface area contributed by atoms with E-state index < -0.39 is 23.4 Å². The van der Waals surface area contributed by atoms with Gasteiger partial charge in [0.05, 0.1) is 30.7 Å². The number of carbonyl (C=O) groups is 2. The zero-order valence-electron chi connectivity index (χ0n) is 17.9. The quantitative estimate of drug-likeness (QED) is 0.526. The topological polar surface area (TPSA) is 67.9 Å². The van der Waals surface area contributed by atoms with Crippen molar-refractivity contribution in [3.8, 4) is 11.5 Å². The average molecular weight is 450 g/mol. The van der Waals surface area contributed by atoms with E-state index in [1.54, 1.807) is 48.5 Å². The first-order chi connectivity index (χ1) is 16.0. The van der Waals surface area contributed by atoms with Crippen LogP contribution in [0.3, 0.4) is 0 Å². The molecule has 3 aromatic carbocycles. The molecule has 0 fully saturated rings. The van der Waals surface area contributed by atoms with Crippen LogP contribution in [0.1, 0.15) is 12.5 Å². The lowest BCUT2D eigenvalue weighted by molar-refractivity contribution is -0.120. The molecule has 0 saturated heterocycles. The first-order valence-corrected chi connectivity index (χ1v) is 10.2. The maximum absolute atomic E-state index is 14.6. The van der Waals surface area contributed by atoms with Crippen molar-refractivity contribution in [1.29, 1.82) is 0 Å². The van der Waals surface area contributed by atoms with Crippen LogP contribution in [0.5, 0.6) is 11.5 Å². The maximum atomic E-state index is 14.6. The van der Waals surface area contributed by atoms with Crippen molar-refractivity contribution in [2.24, 2.45) is 0 Å². The van der Waals surface area contributed by atoms with Crippen LogP contribution in [0.25, 0.3) is 5.57 Å². The Morgan fingerprint density at radius 3 is 2.30 bits per heavy atom. The molecule has 0 radical (unpaired) electrons. The molecule has 0 saturated carbocycles. The van der Waals surface area contributed by atoms with E-state index in [1.807, 2.05) is 6.92 Å². The lowest BCUT2D eigenvalue weighted by Gasteiger charge is -2.17. The van der Waals surface area contributed by atoms with Crippen molar-refractivity contribution in [1.82, 2.24) is 0 Å². The van der Waals surface area contributed by atoms with Gasteiger partial charge in [-0.1, -0.05) is 30.3 Å². The van der Waals surface area contributed by atoms with Crippen molar-refractivity contribution >= 4 is 28.8 Å². The largest absolute Gasteiger partial charge is 0.496 e. The summed E-state index contributed by atoms with van der Waals surface area (Å²) in [6.07, 6.45) is 0. The Morgan fingerprint density at radius 1 is 0.909 bits per heavy atom. The lowest BCUT2D eigenvalue weighted by atomic mass is 10.0. The molecular weight excluding hydrogens is 430 g/mol. The number of carbonyl (C=O) groups excluding carboxylic acids is 2. The Bertz CT molecular complexity index is 1270. The van der Waals surface area contributed by atoms with Gasteiger partial charge in [-0.25, -0.2) is 13.7 Å². The molecule has 0 atom stereocenters.